The molecule has 132 valence electrons. The van der Waals surface area contributed by atoms with Gasteiger partial charge >= 0.3 is 0 Å². The summed E-state index contributed by atoms with van der Waals surface area (Å²) in [5, 5.41) is 0. The predicted octanol–water partition coefficient (Wildman–Crippen LogP) is 3.23. The summed E-state index contributed by atoms with van der Waals surface area (Å²) in [5.41, 5.74) is 2.12. The minimum absolute atomic E-state index is 0.0878. The highest BCUT2D eigenvalue weighted by molar-refractivity contribution is 5.83. The van der Waals surface area contributed by atoms with Crippen molar-refractivity contribution in [1.29, 1.82) is 0 Å². The molecule has 1 atom stereocenters. The maximum atomic E-state index is 13.2. The Bertz CT molecular complexity index is 695. The van der Waals surface area contributed by atoms with E-state index in [0.29, 0.717) is 5.92 Å². The summed E-state index contributed by atoms with van der Waals surface area (Å²) in [5.74, 6) is 0.285. The Morgan fingerprint density at radius 3 is 2.28 bits per heavy atom. The SMILES string of the molecule is CN(C)[C@H](C(=O)N1CCC(c2ccncc2)CC1)c1ccc(F)cc1. The molecule has 2 heterocycles. The number of aromatic nitrogens is 1. The molecular weight excluding hydrogens is 317 g/mol. The Labute approximate surface area is 148 Å². The highest BCUT2D eigenvalue weighted by Crippen LogP contribution is 2.30. The molecule has 0 spiro atoms. The molecule has 0 aliphatic carbocycles. The summed E-state index contributed by atoms with van der Waals surface area (Å²) >= 11 is 0. The van der Waals surface area contributed by atoms with Gasteiger partial charge in [0.2, 0.25) is 5.91 Å². The number of amides is 1. The number of pyridine rings is 1. The molecule has 0 unspecified atom stereocenters. The van der Waals surface area contributed by atoms with Gasteiger partial charge in [-0.15, -0.1) is 0 Å². The van der Waals surface area contributed by atoms with Gasteiger partial charge in [0.05, 0.1) is 0 Å². The predicted molar refractivity (Wildman–Crippen MR) is 95.6 cm³/mol. The molecule has 0 radical (unpaired) electrons. The topological polar surface area (TPSA) is 36.4 Å². The minimum Gasteiger partial charge on any atom is -0.341 e. The van der Waals surface area contributed by atoms with Crippen LogP contribution in [0.25, 0.3) is 0 Å². The molecule has 4 nitrogen and oxygen atoms in total. The monoisotopic (exact) mass is 341 g/mol. The van der Waals surface area contributed by atoms with Crippen molar-refractivity contribution in [3.8, 4) is 0 Å². The third-order valence-electron chi connectivity index (χ3n) is 4.92. The third-order valence-corrected chi connectivity index (χ3v) is 4.92. The Balaban J connectivity index is 1.68. The van der Waals surface area contributed by atoms with Crippen LogP contribution in [0, 0.1) is 5.82 Å². The fraction of sp³-hybridized carbons (Fsp3) is 0.400. The average Bonchev–Trinajstić information content (AvgIpc) is 2.64. The highest BCUT2D eigenvalue weighted by Gasteiger charge is 2.31. The van der Waals surface area contributed by atoms with Crippen LogP contribution in [0.1, 0.15) is 35.9 Å². The number of halogens is 1. The van der Waals surface area contributed by atoms with Crippen molar-refractivity contribution in [2.45, 2.75) is 24.8 Å². The van der Waals surface area contributed by atoms with E-state index in [1.807, 2.05) is 36.3 Å². The summed E-state index contributed by atoms with van der Waals surface area (Å²) in [4.78, 5) is 20.9. The lowest BCUT2D eigenvalue weighted by Gasteiger charge is -2.36. The van der Waals surface area contributed by atoms with Gasteiger partial charge in [-0.25, -0.2) is 4.39 Å². The van der Waals surface area contributed by atoms with Gasteiger partial charge in [-0.2, -0.15) is 0 Å². The van der Waals surface area contributed by atoms with Crippen molar-refractivity contribution in [1.82, 2.24) is 14.8 Å². The van der Waals surface area contributed by atoms with Crippen LogP contribution in [0.4, 0.5) is 4.39 Å². The van der Waals surface area contributed by atoms with E-state index in [-0.39, 0.29) is 17.8 Å². The molecule has 25 heavy (non-hydrogen) atoms. The Kier molecular flexibility index (Phi) is 5.43. The number of carbonyl (C=O) groups excluding carboxylic acids is 1. The molecule has 1 saturated heterocycles. The Hall–Kier alpha value is -2.27. The van der Waals surface area contributed by atoms with Gasteiger partial charge in [0, 0.05) is 25.5 Å². The van der Waals surface area contributed by atoms with E-state index < -0.39 is 0 Å². The van der Waals surface area contributed by atoms with Crippen LogP contribution in [0.15, 0.2) is 48.8 Å². The van der Waals surface area contributed by atoms with E-state index in [9.17, 15) is 9.18 Å². The molecule has 0 saturated carbocycles. The second-order valence-electron chi connectivity index (χ2n) is 6.80. The van der Waals surface area contributed by atoms with Gasteiger partial charge < -0.3 is 4.90 Å². The first-order chi connectivity index (χ1) is 12.1. The van der Waals surface area contributed by atoms with E-state index in [0.717, 1.165) is 31.5 Å². The number of likely N-dealkylation sites (N-methyl/N-ethyl adjacent to an activating group) is 1. The molecule has 0 N–H and O–H groups in total. The van der Waals surface area contributed by atoms with E-state index >= 15 is 0 Å². The number of piperidine rings is 1. The van der Waals surface area contributed by atoms with Crippen LogP contribution >= 0.6 is 0 Å². The number of carbonyl (C=O) groups is 1. The van der Waals surface area contributed by atoms with Crippen molar-refractivity contribution in [2.75, 3.05) is 27.2 Å². The summed E-state index contributed by atoms with van der Waals surface area (Å²) in [7, 11) is 3.77. The maximum Gasteiger partial charge on any atom is 0.244 e. The first kappa shape index (κ1) is 17.5. The lowest BCUT2D eigenvalue weighted by molar-refractivity contribution is -0.137. The van der Waals surface area contributed by atoms with E-state index in [1.54, 1.807) is 12.1 Å². The van der Waals surface area contributed by atoms with Crippen molar-refractivity contribution >= 4 is 5.91 Å². The van der Waals surface area contributed by atoms with Crippen molar-refractivity contribution < 1.29 is 9.18 Å². The highest BCUT2D eigenvalue weighted by atomic mass is 19.1. The molecular formula is C20H24FN3O. The van der Waals surface area contributed by atoms with Crippen LogP contribution < -0.4 is 0 Å². The molecule has 1 aromatic heterocycles. The molecule has 2 aromatic rings. The van der Waals surface area contributed by atoms with Gasteiger partial charge in [0.25, 0.3) is 0 Å². The minimum atomic E-state index is -0.377. The molecule has 0 bridgehead atoms. The fourth-order valence-corrected chi connectivity index (χ4v) is 3.55. The first-order valence-corrected chi connectivity index (χ1v) is 8.67. The van der Waals surface area contributed by atoms with E-state index in [2.05, 4.69) is 17.1 Å². The van der Waals surface area contributed by atoms with Gasteiger partial charge in [0.15, 0.2) is 0 Å². The zero-order chi connectivity index (χ0) is 17.8. The van der Waals surface area contributed by atoms with Crippen molar-refractivity contribution in [3.63, 3.8) is 0 Å². The average molecular weight is 341 g/mol. The second-order valence-corrected chi connectivity index (χ2v) is 6.80. The molecule has 1 aliphatic rings. The number of hydrogen-bond acceptors (Lipinski definition) is 3. The molecule has 1 aromatic carbocycles. The smallest absolute Gasteiger partial charge is 0.244 e. The van der Waals surface area contributed by atoms with Crippen LogP contribution in [0.2, 0.25) is 0 Å². The van der Waals surface area contributed by atoms with Crippen LogP contribution in [0.3, 0.4) is 0 Å². The lowest BCUT2D eigenvalue weighted by Crippen LogP contribution is -2.44. The third kappa shape index (κ3) is 4.04. The molecule has 1 aliphatic heterocycles. The van der Waals surface area contributed by atoms with Crippen molar-refractivity contribution in [2.24, 2.45) is 0 Å². The summed E-state index contributed by atoms with van der Waals surface area (Å²) in [6, 6.07) is 9.96. The van der Waals surface area contributed by atoms with Crippen LogP contribution in [-0.4, -0.2) is 47.9 Å². The standard InChI is InChI=1S/C20H24FN3O/c1-23(2)19(17-3-5-18(21)6-4-17)20(25)24-13-9-16(10-14-24)15-7-11-22-12-8-15/h3-8,11-12,16,19H,9-10,13-14H2,1-2H3/t19-/m0/s1. The molecule has 1 amide bonds. The molecule has 3 rings (SSSR count). The van der Waals surface area contributed by atoms with Crippen LogP contribution in [-0.2, 0) is 4.79 Å². The first-order valence-electron chi connectivity index (χ1n) is 8.67. The number of nitrogens with zero attached hydrogens (tertiary/aromatic N) is 3. The largest absolute Gasteiger partial charge is 0.341 e. The Morgan fingerprint density at radius 2 is 1.72 bits per heavy atom. The van der Waals surface area contributed by atoms with Crippen molar-refractivity contribution in [3.05, 3.63) is 65.7 Å². The van der Waals surface area contributed by atoms with Gasteiger partial charge in [0.1, 0.15) is 11.9 Å². The second kappa shape index (κ2) is 7.74. The normalized spacial score (nSPS) is 16.9. The lowest BCUT2D eigenvalue weighted by atomic mass is 9.89. The maximum absolute atomic E-state index is 13.2. The summed E-state index contributed by atoms with van der Waals surface area (Å²) < 4.78 is 13.2. The zero-order valence-corrected chi connectivity index (χ0v) is 14.7. The molecule has 1 fully saturated rings. The van der Waals surface area contributed by atoms with Gasteiger partial charge in [-0.05, 0) is 68.2 Å². The zero-order valence-electron chi connectivity index (χ0n) is 14.7. The number of benzene rings is 1. The number of rotatable bonds is 4. The van der Waals surface area contributed by atoms with E-state index in [4.69, 9.17) is 0 Å². The van der Waals surface area contributed by atoms with E-state index in [1.165, 1.54) is 17.7 Å². The summed E-state index contributed by atoms with van der Waals surface area (Å²) in [6.45, 7) is 1.49. The number of likely N-dealkylation sites (tertiary alicyclic amines) is 1. The van der Waals surface area contributed by atoms with Gasteiger partial charge in [-0.3, -0.25) is 14.7 Å². The van der Waals surface area contributed by atoms with Gasteiger partial charge in [-0.1, -0.05) is 12.1 Å². The van der Waals surface area contributed by atoms with Crippen LogP contribution in [0.5, 0.6) is 0 Å². The quantitative estimate of drug-likeness (QED) is 0.857. The fourth-order valence-electron chi connectivity index (χ4n) is 3.55. The molecule has 5 heteroatoms. The Morgan fingerprint density at radius 1 is 1.12 bits per heavy atom. The number of hydrogen-bond donors (Lipinski definition) is 0. The summed E-state index contributed by atoms with van der Waals surface area (Å²) in [6.07, 6.45) is 5.56.